The molecule has 2 aromatic rings. The van der Waals surface area contributed by atoms with Crippen LogP contribution < -0.4 is 4.90 Å². The van der Waals surface area contributed by atoms with E-state index in [1.807, 2.05) is 6.07 Å². The number of hydrogen-bond donors (Lipinski definition) is 1. The van der Waals surface area contributed by atoms with Crippen LogP contribution in [0.25, 0.3) is 10.9 Å². The van der Waals surface area contributed by atoms with E-state index in [9.17, 15) is 4.79 Å². The van der Waals surface area contributed by atoms with Gasteiger partial charge in [0.25, 0.3) is 0 Å². The van der Waals surface area contributed by atoms with Crippen LogP contribution in [0.2, 0.25) is 0 Å². The van der Waals surface area contributed by atoms with Crippen molar-refractivity contribution in [3.8, 4) is 0 Å². The SMILES string of the molecule is O=C(O)c1cccc2nc(N3CCC4CC43)ncc12. The fourth-order valence-electron chi connectivity index (χ4n) is 3.01. The molecule has 1 aliphatic heterocycles. The Hall–Kier alpha value is -2.17. The lowest BCUT2D eigenvalue weighted by Gasteiger charge is -2.18. The van der Waals surface area contributed by atoms with Crippen molar-refractivity contribution in [2.75, 3.05) is 11.4 Å². The van der Waals surface area contributed by atoms with Crippen LogP contribution in [0.15, 0.2) is 24.4 Å². The number of carboxylic acids is 1. The van der Waals surface area contributed by atoms with Gasteiger partial charge in [-0.3, -0.25) is 0 Å². The van der Waals surface area contributed by atoms with E-state index < -0.39 is 5.97 Å². The van der Waals surface area contributed by atoms with Crippen molar-refractivity contribution < 1.29 is 9.90 Å². The molecule has 4 rings (SSSR count). The number of piperidine rings is 1. The van der Waals surface area contributed by atoms with Gasteiger partial charge in [0.2, 0.25) is 5.95 Å². The summed E-state index contributed by atoms with van der Waals surface area (Å²) in [6, 6.07) is 5.76. The van der Waals surface area contributed by atoms with Crippen LogP contribution in [-0.4, -0.2) is 33.6 Å². The summed E-state index contributed by atoms with van der Waals surface area (Å²) in [5.41, 5.74) is 0.962. The molecule has 0 amide bonds. The number of carbonyl (C=O) groups is 1. The lowest BCUT2D eigenvalue weighted by Crippen LogP contribution is -2.24. The second kappa shape index (κ2) is 3.66. The zero-order valence-corrected chi connectivity index (χ0v) is 10.3. The second-order valence-corrected chi connectivity index (χ2v) is 5.26. The third-order valence-corrected chi connectivity index (χ3v) is 4.13. The third-order valence-electron chi connectivity index (χ3n) is 4.13. The highest BCUT2D eigenvalue weighted by molar-refractivity contribution is 6.02. The van der Waals surface area contributed by atoms with Gasteiger partial charge in [0, 0.05) is 24.2 Å². The smallest absolute Gasteiger partial charge is 0.336 e. The lowest BCUT2D eigenvalue weighted by molar-refractivity contribution is 0.0699. The van der Waals surface area contributed by atoms with Gasteiger partial charge in [-0.25, -0.2) is 14.8 Å². The maximum atomic E-state index is 11.1. The number of fused-ring (bicyclic) bond motifs is 2. The number of carboxylic acid groups (broad SMARTS) is 1. The number of hydrogen-bond acceptors (Lipinski definition) is 4. The van der Waals surface area contributed by atoms with Gasteiger partial charge in [-0.15, -0.1) is 0 Å². The predicted octanol–water partition coefficient (Wildman–Crippen LogP) is 1.93. The van der Waals surface area contributed by atoms with E-state index in [4.69, 9.17) is 5.11 Å². The summed E-state index contributed by atoms with van der Waals surface area (Å²) in [4.78, 5) is 22.3. The summed E-state index contributed by atoms with van der Waals surface area (Å²) in [5.74, 6) is 0.620. The van der Waals surface area contributed by atoms with Crippen molar-refractivity contribution in [2.45, 2.75) is 18.9 Å². The molecule has 1 saturated carbocycles. The Balaban J connectivity index is 1.81. The van der Waals surface area contributed by atoms with Crippen LogP contribution in [-0.2, 0) is 0 Å². The molecule has 5 nitrogen and oxygen atoms in total. The van der Waals surface area contributed by atoms with Gasteiger partial charge in [0.05, 0.1) is 11.1 Å². The van der Waals surface area contributed by atoms with Crippen LogP contribution in [0, 0.1) is 5.92 Å². The Morgan fingerprint density at radius 3 is 3.00 bits per heavy atom. The summed E-state index contributed by atoms with van der Waals surface area (Å²) < 4.78 is 0. The van der Waals surface area contributed by atoms with Crippen molar-refractivity contribution in [3.05, 3.63) is 30.0 Å². The van der Waals surface area contributed by atoms with Crippen molar-refractivity contribution in [2.24, 2.45) is 5.92 Å². The highest BCUT2D eigenvalue weighted by atomic mass is 16.4. The molecule has 19 heavy (non-hydrogen) atoms. The molecule has 2 fully saturated rings. The van der Waals surface area contributed by atoms with Crippen molar-refractivity contribution in [3.63, 3.8) is 0 Å². The van der Waals surface area contributed by atoms with Crippen LogP contribution >= 0.6 is 0 Å². The molecule has 1 aliphatic carbocycles. The van der Waals surface area contributed by atoms with E-state index in [0.29, 0.717) is 16.9 Å². The van der Waals surface area contributed by atoms with E-state index in [1.54, 1.807) is 18.3 Å². The molecule has 2 atom stereocenters. The van der Waals surface area contributed by atoms with E-state index in [-0.39, 0.29) is 5.56 Å². The molecular formula is C14H13N3O2. The molecular weight excluding hydrogens is 242 g/mol. The summed E-state index contributed by atoms with van der Waals surface area (Å²) in [7, 11) is 0. The summed E-state index contributed by atoms with van der Waals surface area (Å²) in [5, 5.41) is 9.75. The maximum absolute atomic E-state index is 11.1. The first kappa shape index (κ1) is 10.7. The van der Waals surface area contributed by atoms with Gasteiger partial charge >= 0.3 is 5.97 Å². The standard InChI is InChI=1S/C14H13N3O2/c18-13(19)9-2-1-3-11-10(9)7-15-14(16-11)17-5-4-8-6-12(8)17/h1-3,7-8,12H,4-6H2,(H,18,19). The first-order valence-corrected chi connectivity index (χ1v) is 6.50. The van der Waals surface area contributed by atoms with Crippen molar-refractivity contribution in [1.82, 2.24) is 9.97 Å². The number of aromatic nitrogens is 2. The Morgan fingerprint density at radius 1 is 1.42 bits per heavy atom. The molecule has 1 aromatic heterocycles. The zero-order valence-electron chi connectivity index (χ0n) is 10.3. The summed E-state index contributed by atoms with van der Waals surface area (Å²) >= 11 is 0. The van der Waals surface area contributed by atoms with E-state index in [0.717, 1.165) is 18.4 Å². The van der Waals surface area contributed by atoms with Gasteiger partial charge in [-0.1, -0.05) is 6.07 Å². The largest absolute Gasteiger partial charge is 0.478 e. The van der Waals surface area contributed by atoms with Gasteiger partial charge in [-0.2, -0.15) is 0 Å². The fraction of sp³-hybridized carbons (Fsp3) is 0.357. The number of benzene rings is 1. The number of aromatic carboxylic acids is 1. The van der Waals surface area contributed by atoms with Crippen LogP contribution in [0.5, 0.6) is 0 Å². The minimum absolute atomic E-state index is 0.259. The van der Waals surface area contributed by atoms with E-state index in [1.165, 1.54) is 12.8 Å². The number of anilines is 1. The predicted molar refractivity (Wildman–Crippen MR) is 70.4 cm³/mol. The Morgan fingerprint density at radius 2 is 2.32 bits per heavy atom. The Bertz CT molecular complexity index is 685. The molecule has 2 unspecified atom stereocenters. The molecule has 1 aromatic carbocycles. The van der Waals surface area contributed by atoms with Gasteiger partial charge < -0.3 is 10.0 Å². The maximum Gasteiger partial charge on any atom is 0.336 e. The highest BCUT2D eigenvalue weighted by Crippen LogP contribution is 2.45. The molecule has 0 bridgehead atoms. The molecule has 96 valence electrons. The van der Waals surface area contributed by atoms with Crippen LogP contribution in [0.3, 0.4) is 0 Å². The van der Waals surface area contributed by atoms with Crippen molar-refractivity contribution in [1.29, 1.82) is 0 Å². The fourth-order valence-corrected chi connectivity index (χ4v) is 3.01. The Kier molecular flexibility index (Phi) is 2.07. The Labute approximate surface area is 109 Å². The quantitative estimate of drug-likeness (QED) is 0.888. The van der Waals surface area contributed by atoms with E-state index >= 15 is 0 Å². The van der Waals surface area contributed by atoms with Crippen LogP contribution in [0.1, 0.15) is 23.2 Å². The van der Waals surface area contributed by atoms with E-state index in [2.05, 4.69) is 14.9 Å². The first-order chi connectivity index (χ1) is 9.24. The average Bonchev–Trinajstić information content (AvgIpc) is 3.08. The lowest BCUT2D eigenvalue weighted by atomic mass is 10.1. The average molecular weight is 255 g/mol. The number of rotatable bonds is 2. The number of nitrogens with zero attached hydrogens (tertiary/aromatic N) is 3. The highest BCUT2D eigenvalue weighted by Gasteiger charge is 2.47. The zero-order chi connectivity index (χ0) is 13.0. The summed E-state index contributed by atoms with van der Waals surface area (Å²) in [6.07, 6.45) is 4.11. The van der Waals surface area contributed by atoms with Gasteiger partial charge in [-0.05, 0) is 30.9 Å². The minimum atomic E-state index is -0.939. The monoisotopic (exact) mass is 255 g/mol. The summed E-state index contributed by atoms with van der Waals surface area (Å²) in [6.45, 7) is 1.01. The van der Waals surface area contributed by atoms with Crippen LogP contribution in [0.4, 0.5) is 5.95 Å². The van der Waals surface area contributed by atoms with Gasteiger partial charge in [0.15, 0.2) is 0 Å². The molecule has 5 heteroatoms. The molecule has 0 spiro atoms. The third kappa shape index (κ3) is 1.58. The molecule has 2 heterocycles. The van der Waals surface area contributed by atoms with Crippen molar-refractivity contribution >= 4 is 22.8 Å². The van der Waals surface area contributed by atoms with Gasteiger partial charge in [0.1, 0.15) is 0 Å². The topological polar surface area (TPSA) is 66.3 Å². The molecule has 0 radical (unpaired) electrons. The first-order valence-electron chi connectivity index (χ1n) is 6.50. The minimum Gasteiger partial charge on any atom is -0.478 e. The second-order valence-electron chi connectivity index (χ2n) is 5.26. The normalized spacial score (nSPS) is 24.5. The molecule has 1 saturated heterocycles. The molecule has 2 aliphatic rings. The molecule has 1 N–H and O–H groups in total.